The molecule has 0 aliphatic heterocycles. The lowest BCUT2D eigenvalue weighted by Crippen LogP contribution is -1.99. The maximum atomic E-state index is 4.51. The third-order valence-corrected chi connectivity index (χ3v) is 2.99. The van der Waals surface area contributed by atoms with Crippen LogP contribution < -0.4 is 5.32 Å². The molecule has 0 saturated carbocycles. The Balaban J connectivity index is 2.27. The fourth-order valence-electron chi connectivity index (χ4n) is 2.13. The van der Waals surface area contributed by atoms with Crippen LogP contribution in [0.3, 0.4) is 0 Å². The number of nitrogens with one attached hydrogen (secondary N) is 1. The zero-order valence-corrected chi connectivity index (χ0v) is 10.9. The smallest absolute Gasteiger partial charge is 0.223 e. The molecule has 19 heavy (non-hydrogen) atoms. The van der Waals surface area contributed by atoms with E-state index in [1.165, 1.54) is 0 Å². The van der Waals surface area contributed by atoms with Crippen LogP contribution in [0.5, 0.6) is 0 Å². The number of rotatable bonds is 2. The van der Waals surface area contributed by atoms with Crippen LogP contribution >= 0.6 is 0 Å². The van der Waals surface area contributed by atoms with E-state index in [1.54, 1.807) is 6.20 Å². The molecule has 4 nitrogen and oxygen atoms in total. The third kappa shape index (κ3) is 2.12. The molecule has 2 heterocycles. The highest BCUT2D eigenvalue weighted by Crippen LogP contribution is 2.26. The van der Waals surface area contributed by atoms with Crippen molar-refractivity contribution in [2.24, 2.45) is 0 Å². The fourth-order valence-corrected chi connectivity index (χ4v) is 2.13. The first-order chi connectivity index (χ1) is 9.28. The molecule has 1 aromatic carbocycles. The van der Waals surface area contributed by atoms with Gasteiger partial charge in [-0.2, -0.15) is 0 Å². The van der Waals surface area contributed by atoms with Crippen molar-refractivity contribution in [3.63, 3.8) is 0 Å². The molecule has 0 fully saturated rings. The predicted octanol–water partition coefficient (Wildman–Crippen LogP) is 3.04. The third-order valence-electron chi connectivity index (χ3n) is 2.99. The molecule has 0 amide bonds. The summed E-state index contributed by atoms with van der Waals surface area (Å²) in [5.41, 5.74) is 3.81. The van der Waals surface area contributed by atoms with E-state index in [0.717, 1.165) is 27.9 Å². The van der Waals surface area contributed by atoms with E-state index in [-0.39, 0.29) is 0 Å². The number of para-hydroxylation sites is 1. The topological polar surface area (TPSA) is 50.7 Å². The van der Waals surface area contributed by atoms with Crippen molar-refractivity contribution < 1.29 is 0 Å². The first-order valence-corrected chi connectivity index (χ1v) is 6.15. The van der Waals surface area contributed by atoms with Gasteiger partial charge in [-0.05, 0) is 19.1 Å². The lowest BCUT2D eigenvalue weighted by molar-refractivity contribution is 1.10. The zero-order valence-electron chi connectivity index (χ0n) is 10.9. The van der Waals surface area contributed by atoms with E-state index < -0.39 is 0 Å². The van der Waals surface area contributed by atoms with Crippen molar-refractivity contribution in [3.05, 3.63) is 48.3 Å². The maximum absolute atomic E-state index is 4.51. The summed E-state index contributed by atoms with van der Waals surface area (Å²) < 4.78 is 0. The van der Waals surface area contributed by atoms with Crippen LogP contribution in [0.15, 0.2) is 42.6 Å². The normalized spacial score (nSPS) is 10.6. The summed E-state index contributed by atoms with van der Waals surface area (Å²) in [5, 5.41) is 4.10. The van der Waals surface area contributed by atoms with E-state index >= 15 is 0 Å². The second-order valence-electron chi connectivity index (χ2n) is 4.35. The largest absolute Gasteiger partial charge is 0.357 e. The van der Waals surface area contributed by atoms with E-state index in [9.17, 15) is 0 Å². The van der Waals surface area contributed by atoms with Gasteiger partial charge in [0.05, 0.1) is 11.2 Å². The second-order valence-corrected chi connectivity index (χ2v) is 4.35. The minimum Gasteiger partial charge on any atom is -0.357 e. The minimum absolute atomic E-state index is 0.628. The summed E-state index contributed by atoms with van der Waals surface area (Å²) in [6.07, 6.45) is 1.80. The van der Waals surface area contributed by atoms with Crippen LogP contribution in [0.1, 0.15) is 5.69 Å². The molecule has 0 atom stereocenters. The Bertz CT molecular complexity index is 732. The van der Waals surface area contributed by atoms with E-state index in [4.69, 9.17) is 0 Å². The van der Waals surface area contributed by atoms with Crippen molar-refractivity contribution in [2.45, 2.75) is 6.92 Å². The summed E-state index contributed by atoms with van der Waals surface area (Å²) >= 11 is 0. The molecular formula is C15H14N4. The number of pyridine rings is 1. The van der Waals surface area contributed by atoms with E-state index in [1.807, 2.05) is 38.2 Å². The van der Waals surface area contributed by atoms with Crippen LogP contribution in [0.25, 0.3) is 22.2 Å². The molecule has 94 valence electrons. The summed E-state index contributed by atoms with van der Waals surface area (Å²) in [5.74, 6) is 0.628. The number of fused-ring (bicyclic) bond motifs is 1. The van der Waals surface area contributed by atoms with Gasteiger partial charge in [0.1, 0.15) is 0 Å². The lowest BCUT2D eigenvalue weighted by atomic mass is 10.1. The number of hydrogen-bond donors (Lipinski definition) is 1. The van der Waals surface area contributed by atoms with Crippen molar-refractivity contribution in [3.8, 4) is 11.3 Å². The Labute approximate surface area is 111 Å². The first kappa shape index (κ1) is 11.6. The van der Waals surface area contributed by atoms with Gasteiger partial charge in [0.15, 0.2) is 0 Å². The Morgan fingerprint density at radius 1 is 1.05 bits per heavy atom. The molecule has 3 rings (SSSR count). The van der Waals surface area contributed by atoms with Crippen LogP contribution in [0.2, 0.25) is 0 Å². The van der Waals surface area contributed by atoms with E-state index in [2.05, 4.69) is 32.4 Å². The van der Waals surface area contributed by atoms with E-state index in [0.29, 0.717) is 5.95 Å². The maximum Gasteiger partial charge on any atom is 0.223 e. The molecule has 0 bridgehead atoms. The van der Waals surface area contributed by atoms with Crippen molar-refractivity contribution in [2.75, 3.05) is 12.4 Å². The SMILES string of the molecule is CNc1nc(C)cc(-c2cccc3cccnc23)n1. The molecule has 0 saturated heterocycles. The number of benzene rings is 1. The fraction of sp³-hybridized carbons (Fsp3) is 0.133. The van der Waals surface area contributed by atoms with Crippen LogP contribution in [-0.2, 0) is 0 Å². The van der Waals surface area contributed by atoms with Gasteiger partial charge >= 0.3 is 0 Å². The summed E-state index contributed by atoms with van der Waals surface area (Å²) in [4.78, 5) is 13.3. The predicted molar refractivity (Wildman–Crippen MR) is 77.1 cm³/mol. The molecule has 0 aliphatic carbocycles. The van der Waals surface area contributed by atoms with Gasteiger partial charge in [0.2, 0.25) is 5.95 Å². The highest BCUT2D eigenvalue weighted by molar-refractivity contribution is 5.92. The standard InChI is InChI=1S/C15H14N4/c1-10-9-13(19-15(16-2)18-10)12-7-3-5-11-6-4-8-17-14(11)12/h3-9H,1-2H3,(H,16,18,19). The average Bonchev–Trinajstić information content (AvgIpc) is 2.46. The number of aromatic nitrogens is 3. The lowest BCUT2D eigenvalue weighted by Gasteiger charge is -2.07. The number of hydrogen-bond acceptors (Lipinski definition) is 4. The van der Waals surface area contributed by atoms with Gasteiger partial charge in [-0.3, -0.25) is 4.98 Å². The Morgan fingerprint density at radius 3 is 2.74 bits per heavy atom. The molecule has 0 unspecified atom stereocenters. The van der Waals surface area contributed by atoms with Crippen molar-refractivity contribution >= 4 is 16.9 Å². The van der Waals surface area contributed by atoms with Crippen LogP contribution in [0, 0.1) is 6.92 Å². The van der Waals surface area contributed by atoms with Gasteiger partial charge in [-0.25, -0.2) is 9.97 Å². The molecule has 1 N–H and O–H groups in total. The molecular weight excluding hydrogens is 236 g/mol. The van der Waals surface area contributed by atoms with Gasteiger partial charge < -0.3 is 5.32 Å². The Kier molecular flexibility index (Phi) is 2.83. The van der Waals surface area contributed by atoms with Gasteiger partial charge in [-0.1, -0.05) is 24.3 Å². The second kappa shape index (κ2) is 4.65. The summed E-state index contributed by atoms with van der Waals surface area (Å²) in [7, 11) is 1.82. The molecule has 0 spiro atoms. The van der Waals surface area contributed by atoms with Gasteiger partial charge in [0.25, 0.3) is 0 Å². The number of aryl methyl sites for hydroxylation is 1. The van der Waals surface area contributed by atoms with Gasteiger partial charge in [0, 0.05) is 29.9 Å². The monoisotopic (exact) mass is 250 g/mol. The van der Waals surface area contributed by atoms with Gasteiger partial charge in [-0.15, -0.1) is 0 Å². The summed E-state index contributed by atoms with van der Waals surface area (Å²) in [6, 6.07) is 12.1. The van der Waals surface area contributed by atoms with Crippen LogP contribution in [-0.4, -0.2) is 22.0 Å². The molecule has 0 aliphatic rings. The summed E-state index contributed by atoms with van der Waals surface area (Å²) in [6.45, 7) is 1.96. The quantitative estimate of drug-likeness (QED) is 0.759. The Hall–Kier alpha value is -2.49. The number of anilines is 1. The molecule has 2 aromatic heterocycles. The minimum atomic E-state index is 0.628. The van der Waals surface area contributed by atoms with Crippen LogP contribution in [0.4, 0.5) is 5.95 Å². The molecule has 0 radical (unpaired) electrons. The number of nitrogens with zero attached hydrogens (tertiary/aromatic N) is 3. The average molecular weight is 250 g/mol. The molecule has 3 aromatic rings. The first-order valence-electron chi connectivity index (χ1n) is 6.15. The molecule has 4 heteroatoms. The van der Waals surface area contributed by atoms with Crippen molar-refractivity contribution in [1.29, 1.82) is 0 Å². The zero-order chi connectivity index (χ0) is 13.2. The van der Waals surface area contributed by atoms with Crippen molar-refractivity contribution in [1.82, 2.24) is 15.0 Å². The Morgan fingerprint density at radius 2 is 1.89 bits per heavy atom. The highest BCUT2D eigenvalue weighted by atomic mass is 15.1. The highest BCUT2D eigenvalue weighted by Gasteiger charge is 2.08.